The number of hydrogen-bond donors (Lipinski definition) is 3. The van der Waals surface area contributed by atoms with E-state index < -0.39 is 36.2 Å². The van der Waals surface area contributed by atoms with Gasteiger partial charge in [-0.3, -0.25) is 9.59 Å². The fourth-order valence-electron chi connectivity index (χ4n) is 4.86. The van der Waals surface area contributed by atoms with E-state index in [9.17, 15) is 14.4 Å². The van der Waals surface area contributed by atoms with E-state index in [2.05, 4.69) is 34.9 Å². The SMILES string of the molecule is CCCC(CC(=O)O)NC(=O)C1OCCC1NC(=O)OCC1c2ccccc2-c2ccccc21. The first kappa shape index (κ1) is 23.8. The smallest absolute Gasteiger partial charge is 0.407 e. The average Bonchev–Trinajstić information content (AvgIpc) is 3.40. The van der Waals surface area contributed by atoms with Crippen molar-refractivity contribution in [3.05, 3.63) is 59.7 Å². The van der Waals surface area contributed by atoms with Gasteiger partial charge in [0.05, 0.1) is 12.5 Å². The summed E-state index contributed by atoms with van der Waals surface area (Å²) in [4.78, 5) is 36.4. The molecule has 2 amide bonds. The van der Waals surface area contributed by atoms with Crippen LogP contribution in [-0.2, 0) is 19.1 Å². The van der Waals surface area contributed by atoms with Gasteiger partial charge in [-0.2, -0.15) is 0 Å². The molecule has 1 saturated heterocycles. The Morgan fingerprint density at radius 3 is 2.35 bits per heavy atom. The van der Waals surface area contributed by atoms with Crippen LogP contribution < -0.4 is 10.6 Å². The summed E-state index contributed by atoms with van der Waals surface area (Å²) in [6.07, 6.45) is 0.121. The first-order valence-corrected chi connectivity index (χ1v) is 11.7. The molecule has 180 valence electrons. The summed E-state index contributed by atoms with van der Waals surface area (Å²) in [6.45, 7) is 2.43. The zero-order chi connectivity index (χ0) is 24.1. The van der Waals surface area contributed by atoms with Gasteiger partial charge in [0, 0.05) is 18.6 Å². The maximum Gasteiger partial charge on any atom is 0.407 e. The monoisotopic (exact) mass is 466 g/mol. The fraction of sp³-hybridized carbons (Fsp3) is 0.423. The van der Waals surface area contributed by atoms with Crippen molar-refractivity contribution >= 4 is 18.0 Å². The highest BCUT2D eigenvalue weighted by molar-refractivity contribution is 5.84. The van der Waals surface area contributed by atoms with Crippen molar-refractivity contribution in [2.75, 3.05) is 13.2 Å². The summed E-state index contributed by atoms with van der Waals surface area (Å²) in [6, 6.07) is 15.2. The Hall–Kier alpha value is -3.39. The third kappa shape index (κ3) is 5.22. The van der Waals surface area contributed by atoms with Gasteiger partial charge in [-0.25, -0.2) is 4.79 Å². The number of hydrogen-bond acceptors (Lipinski definition) is 5. The summed E-state index contributed by atoms with van der Waals surface area (Å²) >= 11 is 0. The number of carbonyl (C=O) groups is 3. The van der Waals surface area contributed by atoms with Crippen LogP contribution in [0, 0.1) is 0 Å². The van der Waals surface area contributed by atoms with Gasteiger partial charge in [-0.05, 0) is 35.1 Å². The predicted octanol–water partition coefficient (Wildman–Crippen LogP) is 3.44. The molecule has 1 fully saturated rings. The standard InChI is InChI=1S/C26H30N2O6/c1-2-7-16(14-23(29)30)27-25(31)24-22(12-13-33-24)28-26(32)34-15-21-19-10-5-3-8-17(19)18-9-4-6-11-20(18)21/h3-6,8-11,16,21-22,24H,2,7,12-15H2,1H3,(H,27,31)(H,28,32)(H,29,30). The number of aliphatic carboxylic acids is 1. The largest absolute Gasteiger partial charge is 0.481 e. The molecular weight excluding hydrogens is 436 g/mol. The van der Waals surface area contributed by atoms with Crippen LogP contribution in [0.25, 0.3) is 11.1 Å². The molecule has 0 radical (unpaired) electrons. The van der Waals surface area contributed by atoms with Gasteiger partial charge in [0.15, 0.2) is 6.10 Å². The molecule has 34 heavy (non-hydrogen) atoms. The number of carbonyl (C=O) groups excluding carboxylic acids is 2. The molecule has 0 bridgehead atoms. The van der Waals surface area contributed by atoms with Crippen LogP contribution in [-0.4, -0.2) is 54.5 Å². The Morgan fingerprint density at radius 2 is 1.74 bits per heavy atom. The number of nitrogens with one attached hydrogen (secondary N) is 2. The highest BCUT2D eigenvalue weighted by atomic mass is 16.6. The van der Waals surface area contributed by atoms with E-state index >= 15 is 0 Å². The summed E-state index contributed by atoms with van der Waals surface area (Å²) in [5.74, 6) is -1.44. The minimum atomic E-state index is -0.973. The third-order valence-electron chi connectivity index (χ3n) is 6.40. The number of amides is 2. The molecule has 1 aliphatic carbocycles. The number of ether oxygens (including phenoxy) is 2. The minimum Gasteiger partial charge on any atom is -0.481 e. The fourth-order valence-corrected chi connectivity index (χ4v) is 4.86. The van der Waals surface area contributed by atoms with Crippen LogP contribution in [0.5, 0.6) is 0 Å². The maximum atomic E-state index is 12.7. The van der Waals surface area contributed by atoms with Crippen molar-refractivity contribution < 1.29 is 29.0 Å². The van der Waals surface area contributed by atoms with E-state index in [1.54, 1.807) is 0 Å². The van der Waals surface area contributed by atoms with E-state index in [0.29, 0.717) is 19.4 Å². The molecule has 8 nitrogen and oxygen atoms in total. The summed E-state index contributed by atoms with van der Waals surface area (Å²) < 4.78 is 11.1. The van der Waals surface area contributed by atoms with E-state index in [4.69, 9.17) is 14.6 Å². The minimum absolute atomic E-state index is 0.0529. The molecule has 1 aliphatic heterocycles. The number of rotatable bonds is 9. The normalized spacial score (nSPS) is 19.7. The Balaban J connectivity index is 1.35. The molecule has 0 saturated carbocycles. The first-order valence-electron chi connectivity index (χ1n) is 11.7. The lowest BCUT2D eigenvalue weighted by Crippen LogP contribution is -2.51. The lowest BCUT2D eigenvalue weighted by Gasteiger charge is -2.23. The molecule has 0 spiro atoms. The van der Waals surface area contributed by atoms with Crippen LogP contribution >= 0.6 is 0 Å². The molecule has 2 aromatic rings. The average molecular weight is 467 g/mol. The summed E-state index contributed by atoms with van der Waals surface area (Å²) in [7, 11) is 0. The second-order valence-corrected chi connectivity index (χ2v) is 8.75. The first-order chi connectivity index (χ1) is 16.5. The molecule has 0 aromatic heterocycles. The zero-order valence-corrected chi connectivity index (χ0v) is 19.2. The van der Waals surface area contributed by atoms with E-state index in [-0.39, 0.29) is 18.9 Å². The van der Waals surface area contributed by atoms with Crippen molar-refractivity contribution in [2.24, 2.45) is 0 Å². The summed E-state index contributed by atoms with van der Waals surface area (Å²) in [5.41, 5.74) is 4.55. The van der Waals surface area contributed by atoms with E-state index in [1.165, 1.54) is 0 Å². The Bertz CT molecular complexity index is 1010. The second-order valence-electron chi connectivity index (χ2n) is 8.75. The lowest BCUT2D eigenvalue weighted by molar-refractivity contribution is -0.138. The molecule has 3 unspecified atom stereocenters. The number of carboxylic acids is 1. The van der Waals surface area contributed by atoms with Crippen LogP contribution in [0.15, 0.2) is 48.5 Å². The highest BCUT2D eigenvalue weighted by Gasteiger charge is 2.37. The number of alkyl carbamates (subject to hydrolysis) is 1. The van der Waals surface area contributed by atoms with Crippen molar-refractivity contribution in [2.45, 2.75) is 56.7 Å². The molecule has 2 aliphatic rings. The van der Waals surface area contributed by atoms with Gasteiger partial charge >= 0.3 is 12.1 Å². The Kier molecular flexibility index (Phi) is 7.47. The molecule has 8 heteroatoms. The highest BCUT2D eigenvalue weighted by Crippen LogP contribution is 2.44. The van der Waals surface area contributed by atoms with Crippen molar-refractivity contribution in [1.82, 2.24) is 10.6 Å². The van der Waals surface area contributed by atoms with Crippen LogP contribution in [0.3, 0.4) is 0 Å². The van der Waals surface area contributed by atoms with Crippen molar-refractivity contribution in [3.63, 3.8) is 0 Å². The third-order valence-corrected chi connectivity index (χ3v) is 6.40. The number of carboxylic acid groups (broad SMARTS) is 1. The molecule has 3 atom stereocenters. The molecule has 3 N–H and O–H groups in total. The molecule has 2 aromatic carbocycles. The van der Waals surface area contributed by atoms with Gasteiger partial charge in [0.1, 0.15) is 6.61 Å². The molecule has 4 rings (SSSR count). The number of fused-ring (bicyclic) bond motifs is 3. The van der Waals surface area contributed by atoms with Crippen LogP contribution in [0.1, 0.15) is 49.7 Å². The second kappa shape index (κ2) is 10.7. The van der Waals surface area contributed by atoms with Crippen LogP contribution in [0.2, 0.25) is 0 Å². The van der Waals surface area contributed by atoms with E-state index in [1.807, 2.05) is 31.2 Å². The molecular formula is C26H30N2O6. The van der Waals surface area contributed by atoms with Gasteiger partial charge in [-0.1, -0.05) is 61.9 Å². The number of benzene rings is 2. The zero-order valence-electron chi connectivity index (χ0n) is 19.2. The van der Waals surface area contributed by atoms with Gasteiger partial charge in [0.2, 0.25) is 0 Å². The summed E-state index contributed by atoms with van der Waals surface area (Å²) in [5, 5.41) is 14.6. The van der Waals surface area contributed by atoms with Crippen molar-refractivity contribution in [3.8, 4) is 11.1 Å². The van der Waals surface area contributed by atoms with Gasteiger partial charge < -0.3 is 25.2 Å². The quantitative estimate of drug-likeness (QED) is 0.522. The Labute approximate surface area is 198 Å². The van der Waals surface area contributed by atoms with Crippen molar-refractivity contribution in [1.29, 1.82) is 0 Å². The lowest BCUT2D eigenvalue weighted by atomic mass is 9.98. The molecule has 1 heterocycles. The van der Waals surface area contributed by atoms with Crippen LogP contribution in [0.4, 0.5) is 4.79 Å². The Morgan fingerprint density at radius 1 is 1.09 bits per heavy atom. The van der Waals surface area contributed by atoms with Gasteiger partial charge in [-0.15, -0.1) is 0 Å². The van der Waals surface area contributed by atoms with Gasteiger partial charge in [0.25, 0.3) is 5.91 Å². The topological polar surface area (TPSA) is 114 Å². The maximum absolute atomic E-state index is 12.7. The van der Waals surface area contributed by atoms with E-state index in [0.717, 1.165) is 28.7 Å². The predicted molar refractivity (Wildman–Crippen MR) is 125 cm³/mol.